The number of nitrogens with zero attached hydrogens (tertiary/aromatic N) is 3. The number of aryl methyl sites for hydroxylation is 1. The zero-order chi connectivity index (χ0) is 14.8. The average molecular weight is 295 g/mol. The van der Waals surface area contributed by atoms with Gasteiger partial charge in [0.05, 0.1) is 10.9 Å². The van der Waals surface area contributed by atoms with E-state index in [2.05, 4.69) is 14.9 Å². The van der Waals surface area contributed by atoms with Crippen molar-refractivity contribution in [1.29, 1.82) is 0 Å². The number of rotatable bonds is 5. The second-order valence-electron chi connectivity index (χ2n) is 4.45. The van der Waals surface area contributed by atoms with Crippen LogP contribution in [0.1, 0.15) is 24.4 Å². The molecule has 3 N–H and O–H groups in total. The van der Waals surface area contributed by atoms with Crippen LogP contribution in [0.4, 0.5) is 0 Å². The fourth-order valence-electron chi connectivity index (χ4n) is 1.97. The van der Waals surface area contributed by atoms with Gasteiger partial charge in [0.25, 0.3) is 0 Å². The van der Waals surface area contributed by atoms with Crippen LogP contribution in [0.2, 0.25) is 0 Å². The minimum absolute atomic E-state index is 0.162. The molecule has 0 spiro atoms. The third kappa shape index (κ3) is 2.87. The Morgan fingerprint density at radius 1 is 1.40 bits per heavy atom. The number of hydrogen-bond donors (Lipinski definition) is 2. The summed E-state index contributed by atoms with van der Waals surface area (Å²) in [7, 11) is -1.90. The normalized spacial score (nSPS) is 13.3. The predicted octanol–water partition coefficient (Wildman–Crippen LogP) is 0.313. The zero-order valence-electron chi connectivity index (χ0n) is 11.3. The standard InChI is InChI=1S/C12H17N5O2S/c1-9(12-15-14-8-17(12)2)16-20(18,19)11-6-4-3-5-10(11)7-13/h3-6,8-9,16H,7,13H2,1-2H3. The van der Waals surface area contributed by atoms with E-state index < -0.39 is 16.1 Å². The molecule has 8 heteroatoms. The Morgan fingerprint density at radius 2 is 2.10 bits per heavy atom. The van der Waals surface area contributed by atoms with Crippen LogP contribution in [0.15, 0.2) is 35.5 Å². The van der Waals surface area contributed by atoms with E-state index in [1.165, 1.54) is 12.4 Å². The number of nitrogens with one attached hydrogen (secondary N) is 1. The summed E-state index contributed by atoms with van der Waals surface area (Å²) in [4.78, 5) is 0.191. The van der Waals surface area contributed by atoms with Gasteiger partial charge < -0.3 is 10.3 Å². The first-order chi connectivity index (χ1) is 9.45. The molecule has 0 aliphatic heterocycles. The van der Waals surface area contributed by atoms with Crippen LogP contribution in [0.25, 0.3) is 0 Å². The van der Waals surface area contributed by atoms with Gasteiger partial charge in [0.15, 0.2) is 0 Å². The van der Waals surface area contributed by atoms with Crippen molar-refractivity contribution < 1.29 is 8.42 Å². The maximum absolute atomic E-state index is 12.4. The van der Waals surface area contributed by atoms with Crippen molar-refractivity contribution in [2.75, 3.05) is 0 Å². The quantitative estimate of drug-likeness (QED) is 0.826. The molecule has 7 nitrogen and oxygen atoms in total. The van der Waals surface area contributed by atoms with Crippen LogP contribution in [-0.4, -0.2) is 23.2 Å². The minimum atomic E-state index is -3.66. The lowest BCUT2D eigenvalue weighted by molar-refractivity contribution is 0.552. The van der Waals surface area contributed by atoms with E-state index in [1.807, 2.05) is 0 Å². The van der Waals surface area contributed by atoms with Crippen molar-refractivity contribution in [3.8, 4) is 0 Å². The molecule has 0 saturated heterocycles. The van der Waals surface area contributed by atoms with Crippen LogP contribution < -0.4 is 10.5 Å². The van der Waals surface area contributed by atoms with Gasteiger partial charge in [0.2, 0.25) is 10.0 Å². The summed E-state index contributed by atoms with van der Waals surface area (Å²) in [5, 5.41) is 7.63. The molecule has 20 heavy (non-hydrogen) atoms. The van der Waals surface area contributed by atoms with Gasteiger partial charge in [0, 0.05) is 13.6 Å². The van der Waals surface area contributed by atoms with Gasteiger partial charge in [-0.15, -0.1) is 10.2 Å². The van der Waals surface area contributed by atoms with Gasteiger partial charge in [-0.1, -0.05) is 18.2 Å². The monoisotopic (exact) mass is 295 g/mol. The summed E-state index contributed by atoms with van der Waals surface area (Å²) in [6, 6.07) is 6.17. The van der Waals surface area contributed by atoms with E-state index in [4.69, 9.17) is 5.73 Å². The number of hydrogen-bond acceptors (Lipinski definition) is 5. The SMILES string of the molecule is CC(NS(=O)(=O)c1ccccc1CN)c1nncn1C. The van der Waals surface area contributed by atoms with E-state index in [0.717, 1.165) is 0 Å². The molecule has 0 aliphatic carbocycles. The van der Waals surface area contributed by atoms with Crippen molar-refractivity contribution in [1.82, 2.24) is 19.5 Å². The molecule has 1 heterocycles. The lowest BCUT2D eigenvalue weighted by Gasteiger charge is -2.15. The van der Waals surface area contributed by atoms with Crippen LogP contribution in [-0.2, 0) is 23.6 Å². The fourth-order valence-corrected chi connectivity index (χ4v) is 3.42. The van der Waals surface area contributed by atoms with Crippen molar-refractivity contribution in [3.63, 3.8) is 0 Å². The summed E-state index contributed by atoms with van der Waals surface area (Å²) < 4.78 is 29.1. The first-order valence-corrected chi connectivity index (χ1v) is 7.58. The third-order valence-electron chi connectivity index (χ3n) is 2.95. The van der Waals surface area contributed by atoms with Gasteiger partial charge >= 0.3 is 0 Å². The molecule has 0 bridgehead atoms. The highest BCUT2D eigenvalue weighted by Gasteiger charge is 2.22. The Morgan fingerprint density at radius 3 is 2.70 bits per heavy atom. The van der Waals surface area contributed by atoms with E-state index in [1.54, 1.807) is 36.7 Å². The van der Waals surface area contributed by atoms with Crippen molar-refractivity contribution in [3.05, 3.63) is 42.0 Å². The van der Waals surface area contributed by atoms with Gasteiger partial charge in [-0.3, -0.25) is 0 Å². The number of sulfonamides is 1. The number of nitrogens with two attached hydrogens (primary N) is 1. The van der Waals surface area contributed by atoms with Gasteiger partial charge in [-0.2, -0.15) is 0 Å². The van der Waals surface area contributed by atoms with Crippen molar-refractivity contribution in [2.45, 2.75) is 24.4 Å². The fraction of sp³-hybridized carbons (Fsp3) is 0.333. The molecule has 1 aromatic heterocycles. The second kappa shape index (κ2) is 5.70. The second-order valence-corrected chi connectivity index (χ2v) is 6.14. The van der Waals surface area contributed by atoms with Gasteiger partial charge in [-0.25, -0.2) is 13.1 Å². The topological polar surface area (TPSA) is 103 Å². The van der Waals surface area contributed by atoms with Crippen LogP contribution in [0, 0.1) is 0 Å². The van der Waals surface area contributed by atoms with Gasteiger partial charge in [-0.05, 0) is 18.6 Å². The molecule has 0 saturated carbocycles. The highest BCUT2D eigenvalue weighted by atomic mass is 32.2. The predicted molar refractivity (Wildman–Crippen MR) is 74.1 cm³/mol. The molecule has 2 aromatic rings. The van der Waals surface area contributed by atoms with E-state index >= 15 is 0 Å². The Balaban J connectivity index is 2.30. The van der Waals surface area contributed by atoms with E-state index in [-0.39, 0.29) is 11.4 Å². The van der Waals surface area contributed by atoms with Crippen molar-refractivity contribution in [2.24, 2.45) is 12.8 Å². The van der Waals surface area contributed by atoms with Crippen LogP contribution >= 0.6 is 0 Å². The number of benzene rings is 1. The molecule has 0 radical (unpaired) electrons. The summed E-state index contributed by atoms with van der Waals surface area (Å²) in [5.41, 5.74) is 6.15. The maximum Gasteiger partial charge on any atom is 0.241 e. The lowest BCUT2D eigenvalue weighted by Crippen LogP contribution is -2.29. The molecule has 108 valence electrons. The molecular weight excluding hydrogens is 278 g/mol. The first kappa shape index (κ1) is 14.6. The molecule has 1 unspecified atom stereocenters. The molecule has 1 atom stereocenters. The average Bonchev–Trinajstić information content (AvgIpc) is 2.84. The molecular formula is C12H17N5O2S. The maximum atomic E-state index is 12.4. The summed E-state index contributed by atoms with van der Waals surface area (Å²) >= 11 is 0. The third-order valence-corrected chi connectivity index (χ3v) is 4.59. The van der Waals surface area contributed by atoms with Crippen molar-refractivity contribution >= 4 is 10.0 Å². The van der Waals surface area contributed by atoms with Crippen LogP contribution in [0.3, 0.4) is 0 Å². The molecule has 2 rings (SSSR count). The Kier molecular flexibility index (Phi) is 4.17. The summed E-state index contributed by atoms with van der Waals surface area (Å²) in [6.45, 7) is 1.88. The zero-order valence-corrected chi connectivity index (χ0v) is 12.1. The highest BCUT2D eigenvalue weighted by molar-refractivity contribution is 7.89. The Bertz CT molecular complexity index is 695. The lowest BCUT2D eigenvalue weighted by atomic mass is 10.2. The highest BCUT2D eigenvalue weighted by Crippen LogP contribution is 2.18. The summed E-state index contributed by atoms with van der Waals surface area (Å²) in [6.07, 6.45) is 1.52. The molecule has 0 fully saturated rings. The van der Waals surface area contributed by atoms with E-state index in [9.17, 15) is 8.42 Å². The van der Waals surface area contributed by atoms with Crippen LogP contribution in [0.5, 0.6) is 0 Å². The molecule has 1 aromatic carbocycles. The summed E-state index contributed by atoms with van der Waals surface area (Å²) in [5.74, 6) is 0.541. The smallest absolute Gasteiger partial charge is 0.241 e. The van der Waals surface area contributed by atoms with E-state index in [0.29, 0.717) is 11.4 Å². The Hall–Kier alpha value is -1.77. The van der Waals surface area contributed by atoms with Gasteiger partial charge in [0.1, 0.15) is 12.2 Å². The Labute approximate surface area is 117 Å². The largest absolute Gasteiger partial charge is 0.326 e. The minimum Gasteiger partial charge on any atom is -0.326 e. The molecule has 0 aliphatic rings. The first-order valence-electron chi connectivity index (χ1n) is 6.10. The molecule has 0 amide bonds. The number of aromatic nitrogens is 3.